The molecule has 1 aliphatic heterocycles. The summed E-state index contributed by atoms with van der Waals surface area (Å²) in [6, 6.07) is 1.96. The molecule has 1 aliphatic carbocycles. The topological polar surface area (TPSA) is 80.0 Å². The van der Waals surface area contributed by atoms with Crippen molar-refractivity contribution in [3.8, 4) is 5.75 Å². The Morgan fingerprint density at radius 3 is 2.71 bits per heavy atom. The van der Waals surface area contributed by atoms with Crippen LogP contribution in [-0.4, -0.2) is 50.4 Å². The zero-order valence-electron chi connectivity index (χ0n) is 13.2. The Morgan fingerprint density at radius 1 is 1.29 bits per heavy atom. The number of fused-ring (bicyclic) bond motifs is 1. The fourth-order valence-electron chi connectivity index (χ4n) is 3.23. The van der Waals surface area contributed by atoms with Crippen molar-refractivity contribution in [3.63, 3.8) is 0 Å². The van der Waals surface area contributed by atoms with E-state index in [0.717, 1.165) is 24.2 Å². The molecule has 4 rings (SSSR count). The van der Waals surface area contributed by atoms with Gasteiger partial charge in [0.25, 0.3) is 0 Å². The van der Waals surface area contributed by atoms with Gasteiger partial charge in [-0.3, -0.25) is 4.40 Å². The summed E-state index contributed by atoms with van der Waals surface area (Å²) in [4.78, 5) is 12.4. The fraction of sp³-hybridized carbons (Fsp3) is 0.562. The molecule has 7 nitrogen and oxygen atoms in total. The monoisotopic (exact) mass is 394 g/mol. The molecule has 1 saturated carbocycles. The van der Waals surface area contributed by atoms with Gasteiger partial charge in [0.1, 0.15) is 5.75 Å². The van der Waals surface area contributed by atoms with Gasteiger partial charge in [-0.15, -0.1) is 10.2 Å². The lowest BCUT2D eigenvalue weighted by Gasteiger charge is -2.30. The second-order valence-electron chi connectivity index (χ2n) is 6.59. The molecule has 1 N–H and O–H groups in total. The molecule has 128 valence electrons. The van der Waals surface area contributed by atoms with E-state index in [1.54, 1.807) is 0 Å². The van der Waals surface area contributed by atoms with Gasteiger partial charge in [0, 0.05) is 30.9 Å². The minimum atomic E-state index is -0.826. The summed E-state index contributed by atoms with van der Waals surface area (Å²) in [6.45, 7) is 1.81. The highest BCUT2D eigenvalue weighted by molar-refractivity contribution is 9.10. The average Bonchev–Trinajstić information content (AvgIpc) is 3.37. The third-order valence-electron chi connectivity index (χ3n) is 4.87. The fourth-order valence-corrected chi connectivity index (χ4v) is 3.59. The minimum absolute atomic E-state index is 0.397. The van der Waals surface area contributed by atoms with Gasteiger partial charge in [-0.2, -0.15) is 0 Å². The van der Waals surface area contributed by atoms with E-state index in [4.69, 9.17) is 9.84 Å². The molecular formula is C16H19BrN4O3. The first-order valence-electron chi connectivity index (χ1n) is 8.26. The molecule has 0 bridgehead atoms. The van der Waals surface area contributed by atoms with Gasteiger partial charge in [0.15, 0.2) is 5.65 Å². The number of carboxylic acid groups (broad SMARTS) is 1. The van der Waals surface area contributed by atoms with Crippen molar-refractivity contribution in [2.75, 3.05) is 19.7 Å². The van der Waals surface area contributed by atoms with Gasteiger partial charge in [-0.1, -0.05) is 0 Å². The van der Waals surface area contributed by atoms with Crippen LogP contribution in [0.1, 0.15) is 37.2 Å². The highest BCUT2D eigenvalue weighted by Crippen LogP contribution is 2.44. The second kappa shape index (κ2) is 6.23. The standard InChI is InChI=1S/C16H19BrN4O3/c17-15-19-18-14-7-13(12(8-21(14)15)11-1-2-11)24-9-10-3-5-20(6-4-10)16(22)23/h7-8,10-11H,1-6,9H2,(H,22,23). The van der Waals surface area contributed by atoms with Crippen LogP contribution in [0.3, 0.4) is 0 Å². The zero-order valence-corrected chi connectivity index (χ0v) is 14.8. The first-order valence-corrected chi connectivity index (χ1v) is 9.06. The third-order valence-corrected chi connectivity index (χ3v) is 5.41. The Bertz CT molecular complexity index is 766. The molecule has 1 amide bonds. The lowest BCUT2D eigenvalue weighted by atomic mass is 9.98. The number of halogens is 1. The van der Waals surface area contributed by atoms with Crippen LogP contribution in [0.2, 0.25) is 0 Å². The number of pyridine rings is 1. The van der Waals surface area contributed by atoms with Crippen molar-refractivity contribution in [2.24, 2.45) is 5.92 Å². The number of amides is 1. The smallest absolute Gasteiger partial charge is 0.407 e. The maximum absolute atomic E-state index is 11.0. The molecule has 2 aliphatic rings. The summed E-state index contributed by atoms with van der Waals surface area (Å²) in [6.07, 6.45) is 5.33. The van der Waals surface area contributed by atoms with Crippen LogP contribution < -0.4 is 4.74 Å². The van der Waals surface area contributed by atoms with E-state index in [2.05, 4.69) is 32.3 Å². The average molecular weight is 395 g/mol. The summed E-state index contributed by atoms with van der Waals surface area (Å²) in [5, 5.41) is 17.2. The van der Waals surface area contributed by atoms with Crippen LogP contribution in [0, 0.1) is 5.92 Å². The van der Waals surface area contributed by atoms with Gasteiger partial charge in [0.05, 0.1) is 6.61 Å². The van der Waals surface area contributed by atoms with Gasteiger partial charge in [-0.25, -0.2) is 4.79 Å². The SMILES string of the molecule is O=C(O)N1CCC(COc2cc3nnc(Br)n3cc2C2CC2)CC1. The van der Waals surface area contributed by atoms with Gasteiger partial charge < -0.3 is 14.7 Å². The summed E-state index contributed by atoms with van der Waals surface area (Å²) in [7, 11) is 0. The van der Waals surface area contributed by atoms with Crippen molar-refractivity contribution >= 4 is 27.7 Å². The number of hydrogen-bond acceptors (Lipinski definition) is 4. The second-order valence-corrected chi connectivity index (χ2v) is 7.30. The first-order chi connectivity index (χ1) is 11.6. The van der Waals surface area contributed by atoms with Gasteiger partial charge in [0.2, 0.25) is 4.73 Å². The van der Waals surface area contributed by atoms with Crippen LogP contribution in [0.4, 0.5) is 4.79 Å². The van der Waals surface area contributed by atoms with Crippen LogP contribution in [0.5, 0.6) is 5.75 Å². The number of likely N-dealkylation sites (tertiary alicyclic amines) is 1. The molecule has 8 heteroatoms. The quantitative estimate of drug-likeness (QED) is 0.861. The highest BCUT2D eigenvalue weighted by atomic mass is 79.9. The first kappa shape index (κ1) is 15.7. The van der Waals surface area contributed by atoms with Crippen molar-refractivity contribution in [2.45, 2.75) is 31.6 Å². The number of rotatable bonds is 4. The zero-order chi connectivity index (χ0) is 16.7. The van der Waals surface area contributed by atoms with Crippen LogP contribution in [0.15, 0.2) is 17.0 Å². The molecule has 3 heterocycles. The molecule has 0 aromatic carbocycles. The number of piperidine rings is 1. The summed E-state index contributed by atoms with van der Waals surface area (Å²) < 4.78 is 8.77. The van der Waals surface area contributed by atoms with E-state index >= 15 is 0 Å². The van der Waals surface area contributed by atoms with E-state index in [1.807, 2.05) is 10.5 Å². The number of ether oxygens (including phenoxy) is 1. The number of nitrogens with zero attached hydrogens (tertiary/aromatic N) is 4. The Hall–Kier alpha value is -1.83. The molecule has 24 heavy (non-hydrogen) atoms. The summed E-state index contributed by atoms with van der Waals surface area (Å²) in [5.41, 5.74) is 1.98. The summed E-state index contributed by atoms with van der Waals surface area (Å²) in [5.74, 6) is 1.85. The molecule has 0 unspecified atom stereocenters. The largest absolute Gasteiger partial charge is 0.493 e. The minimum Gasteiger partial charge on any atom is -0.493 e. The molecular weight excluding hydrogens is 376 g/mol. The normalized spacial score (nSPS) is 19.0. The van der Waals surface area contributed by atoms with E-state index in [9.17, 15) is 4.79 Å². The van der Waals surface area contributed by atoms with Crippen LogP contribution in [-0.2, 0) is 0 Å². The van der Waals surface area contributed by atoms with Crippen molar-refractivity contribution in [3.05, 3.63) is 22.6 Å². The molecule has 1 saturated heterocycles. The Morgan fingerprint density at radius 2 is 2.04 bits per heavy atom. The van der Waals surface area contributed by atoms with Crippen LogP contribution >= 0.6 is 15.9 Å². The maximum Gasteiger partial charge on any atom is 0.407 e. The van der Waals surface area contributed by atoms with Crippen molar-refractivity contribution in [1.82, 2.24) is 19.5 Å². The number of hydrogen-bond donors (Lipinski definition) is 1. The Labute approximate surface area is 147 Å². The molecule has 0 radical (unpaired) electrons. The Balaban J connectivity index is 1.46. The van der Waals surface area contributed by atoms with E-state index in [0.29, 0.717) is 36.3 Å². The number of carbonyl (C=O) groups is 1. The van der Waals surface area contributed by atoms with Gasteiger partial charge in [-0.05, 0) is 53.4 Å². The molecule has 2 fully saturated rings. The Kier molecular flexibility index (Phi) is 4.07. The van der Waals surface area contributed by atoms with E-state index in [1.165, 1.54) is 23.3 Å². The molecule has 0 atom stereocenters. The predicted octanol–water partition coefficient (Wildman–Crippen LogP) is 3.14. The van der Waals surface area contributed by atoms with Gasteiger partial charge >= 0.3 is 6.09 Å². The predicted molar refractivity (Wildman–Crippen MR) is 90.5 cm³/mol. The lowest BCUT2D eigenvalue weighted by molar-refractivity contribution is 0.111. The van der Waals surface area contributed by atoms with E-state index in [-0.39, 0.29) is 0 Å². The number of aromatic nitrogens is 3. The molecule has 2 aromatic heterocycles. The molecule has 2 aromatic rings. The van der Waals surface area contributed by atoms with Crippen molar-refractivity contribution in [1.29, 1.82) is 0 Å². The lowest BCUT2D eigenvalue weighted by Crippen LogP contribution is -2.38. The van der Waals surface area contributed by atoms with E-state index < -0.39 is 6.09 Å². The maximum atomic E-state index is 11.0. The van der Waals surface area contributed by atoms with Crippen LogP contribution in [0.25, 0.3) is 5.65 Å². The third kappa shape index (κ3) is 3.07. The molecule has 0 spiro atoms. The van der Waals surface area contributed by atoms with Crippen molar-refractivity contribution < 1.29 is 14.6 Å². The summed E-state index contributed by atoms with van der Waals surface area (Å²) >= 11 is 3.41. The highest BCUT2D eigenvalue weighted by Gasteiger charge is 2.29.